The zero-order chi connectivity index (χ0) is 10.6. The molecule has 0 saturated heterocycles. The van der Waals surface area contributed by atoms with E-state index in [0.29, 0.717) is 6.61 Å². The van der Waals surface area contributed by atoms with Gasteiger partial charge in [-0.3, -0.25) is 0 Å². The van der Waals surface area contributed by atoms with Crippen molar-refractivity contribution in [3.63, 3.8) is 0 Å². The van der Waals surface area contributed by atoms with E-state index in [1.165, 1.54) is 0 Å². The molecule has 0 saturated carbocycles. The van der Waals surface area contributed by atoms with Crippen LogP contribution in [-0.4, -0.2) is 6.61 Å². The summed E-state index contributed by atoms with van der Waals surface area (Å²) in [4.78, 5) is 0. The first kappa shape index (κ1) is 10.8. The average molecular weight is 191 g/mol. The Bertz CT molecular complexity index is 318. The highest BCUT2D eigenvalue weighted by molar-refractivity contribution is 5.42. The molecule has 0 aliphatic carbocycles. The number of rotatable bonds is 4. The summed E-state index contributed by atoms with van der Waals surface area (Å²) in [6.07, 6.45) is 1.73. The minimum atomic E-state index is -0.00489. The first-order chi connectivity index (χ1) is 6.66. The minimum absolute atomic E-state index is 0.00489. The van der Waals surface area contributed by atoms with E-state index >= 15 is 0 Å². The normalized spacial score (nSPS) is 12.2. The topological polar surface area (TPSA) is 35.2 Å². The number of nitrogens with two attached hydrogens (primary N) is 1. The molecule has 0 fully saturated rings. The van der Waals surface area contributed by atoms with Crippen LogP contribution in [0.5, 0.6) is 5.75 Å². The minimum Gasteiger partial charge on any atom is -0.489 e. The second-order valence-electron chi connectivity index (χ2n) is 3.38. The van der Waals surface area contributed by atoms with E-state index in [-0.39, 0.29) is 6.04 Å². The summed E-state index contributed by atoms with van der Waals surface area (Å²) in [7, 11) is 0. The molecular formula is C12H17NO. The quantitative estimate of drug-likeness (QED) is 0.742. The summed E-state index contributed by atoms with van der Waals surface area (Å²) >= 11 is 0. The van der Waals surface area contributed by atoms with E-state index in [4.69, 9.17) is 10.5 Å². The van der Waals surface area contributed by atoms with Gasteiger partial charge in [0.15, 0.2) is 0 Å². The van der Waals surface area contributed by atoms with Gasteiger partial charge in [0.2, 0.25) is 0 Å². The maximum Gasteiger partial charge on any atom is 0.127 e. The second kappa shape index (κ2) is 4.82. The highest BCUT2D eigenvalue weighted by Crippen LogP contribution is 2.27. The maximum atomic E-state index is 5.85. The molecule has 1 atom stereocenters. The van der Waals surface area contributed by atoms with Gasteiger partial charge in [0.1, 0.15) is 12.4 Å². The van der Waals surface area contributed by atoms with Gasteiger partial charge >= 0.3 is 0 Å². The lowest BCUT2D eigenvalue weighted by Crippen LogP contribution is -2.09. The smallest absolute Gasteiger partial charge is 0.127 e. The van der Waals surface area contributed by atoms with Crippen LogP contribution < -0.4 is 10.5 Å². The summed E-state index contributed by atoms with van der Waals surface area (Å²) in [6.45, 7) is 8.11. The summed E-state index contributed by atoms with van der Waals surface area (Å²) < 4.78 is 5.58. The van der Waals surface area contributed by atoms with Crippen LogP contribution in [0.15, 0.2) is 30.9 Å². The molecule has 0 spiro atoms. The van der Waals surface area contributed by atoms with Crippen molar-refractivity contribution in [3.05, 3.63) is 42.0 Å². The fourth-order valence-corrected chi connectivity index (χ4v) is 1.37. The van der Waals surface area contributed by atoms with Crippen molar-refractivity contribution >= 4 is 0 Å². The molecule has 2 heteroatoms. The number of benzene rings is 1. The third kappa shape index (κ3) is 2.36. The van der Waals surface area contributed by atoms with Gasteiger partial charge in [-0.05, 0) is 19.4 Å². The fourth-order valence-electron chi connectivity index (χ4n) is 1.37. The Morgan fingerprint density at radius 1 is 1.57 bits per heavy atom. The van der Waals surface area contributed by atoms with Crippen molar-refractivity contribution in [2.24, 2.45) is 5.73 Å². The molecule has 2 nitrogen and oxygen atoms in total. The van der Waals surface area contributed by atoms with Gasteiger partial charge in [-0.25, -0.2) is 0 Å². The molecule has 0 aliphatic rings. The second-order valence-corrected chi connectivity index (χ2v) is 3.38. The van der Waals surface area contributed by atoms with Crippen molar-refractivity contribution in [2.45, 2.75) is 19.9 Å². The van der Waals surface area contributed by atoms with E-state index in [1.807, 2.05) is 32.0 Å². The Morgan fingerprint density at radius 2 is 2.29 bits per heavy atom. The van der Waals surface area contributed by atoms with Crippen molar-refractivity contribution in [1.82, 2.24) is 0 Å². The standard InChI is InChI=1S/C12H17NO/c1-4-8-14-12-9(2)6-5-7-11(12)10(3)13/h4-7,10H,1,8,13H2,2-3H3. The van der Waals surface area contributed by atoms with Gasteiger partial charge in [-0.2, -0.15) is 0 Å². The van der Waals surface area contributed by atoms with Crippen LogP contribution >= 0.6 is 0 Å². The van der Waals surface area contributed by atoms with Gasteiger partial charge < -0.3 is 10.5 Å². The van der Waals surface area contributed by atoms with Crippen molar-refractivity contribution in [2.75, 3.05) is 6.61 Å². The van der Waals surface area contributed by atoms with Gasteiger partial charge in [-0.1, -0.05) is 30.9 Å². The van der Waals surface area contributed by atoms with Crippen LogP contribution in [0.3, 0.4) is 0 Å². The van der Waals surface area contributed by atoms with E-state index in [9.17, 15) is 0 Å². The molecule has 0 heterocycles. The predicted octanol–water partition coefficient (Wildman–Crippen LogP) is 2.58. The van der Waals surface area contributed by atoms with Crippen LogP contribution in [0, 0.1) is 6.92 Å². The van der Waals surface area contributed by atoms with E-state index < -0.39 is 0 Å². The molecule has 1 rings (SSSR count). The summed E-state index contributed by atoms with van der Waals surface area (Å²) in [5.41, 5.74) is 8.01. The molecule has 2 N–H and O–H groups in total. The molecule has 1 unspecified atom stereocenters. The van der Waals surface area contributed by atoms with Crippen LogP contribution in [0.4, 0.5) is 0 Å². The monoisotopic (exact) mass is 191 g/mol. The molecule has 76 valence electrons. The molecule has 0 radical (unpaired) electrons. The summed E-state index contributed by atoms with van der Waals surface area (Å²) in [5, 5.41) is 0. The third-order valence-electron chi connectivity index (χ3n) is 2.08. The lowest BCUT2D eigenvalue weighted by atomic mass is 10.0. The summed E-state index contributed by atoms with van der Waals surface area (Å²) in [5.74, 6) is 0.891. The molecular weight excluding hydrogens is 174 g/mol. The van der Waals surface area contributed by atoms with E-state index in [1.54, 1.807) is 6.08 Å². The van der Waals surface area contributed by atoms with Gasteiger partial charge in [-0.15, -0.1) is 0 Å². The Morgan fingerprint density at radius 3 is 2.86 bits per heavy atom. The number of hydrogen-bond acceptors (Lipinski definition) is 2. The van der Waals surface area contributed by atoms with Crippen molar-refractivity contribution in [3.8, 4) is 5.75 Å². The largest absolute Gasteiger partial charge is 0.489 e. The molecule has 1 aromatic carbocycles. The Balaban J connectivity index is 3.02. The maximum absolute atomic E-state index is 5.85. The third-order valence-corrected chi connectivity index (χ3v) is 2.08. The van der Waals surface area contributed by atoms with Gasteiger partial charge in [0, 0.05) is 11.6 Å². The van der Waals surface area contributed by atoms with Crippen LogP contribution in [0.1, 0.15) is 24.1 Å². The molecule has 0 bridgehead atoms. The summed E-state index contributed by atoms with van der Waals surface area (Å²) in [6, 6.07) is 6.00. The first-order valence-corrected chi connectivity index (χ1v) is 4.75. The highest BCUT2D eigenvalue weighted by atomic mass is 16.5. The molecule has 14 heavy (non-hydrogen) atoms. The first-order valence-electron chi connectivity index (χ1n) is 4.75. The van der Waals surface area contributed by atoms with Crippen LogP contribution in [0.2, 0.25) is 0 Å². The zero-order valence-electron chi connectivity index (χ0n) is 8.79. The number of para-hydroxylation sites is 1. The van der Waals surface area contributed by atoms with E-state index in [0.717, 1.165) is 16.9 Å². The van der Waals surface area contributed by atoms with E-state index in [2.05, 4.69) is 6.58 Å². The lowest BCUT2D eigenvalue weighted by molar-refractivity contribution is 0.354. The molecule has 0 aliphatic heterocycles. The molecule has 0 amide bonds. The number of aryl methyl sites for hydroxylation is 1. The fraction of sp³-hybridized carbons (Fsp3) is 0.333. The average Bonchev–Trinajstić information content (AvgIpc) is 2.15. The number of ether oxygens (including phenoxy) is 1. The Hall–Kier alpha value is -1.28. The molecule has 0 aromatic heterocycles. The Kier molecular flexibility index (Phi) is 3.72. The Labute approximate surface area is 85.4 Å². The van der Waals surface area contributed by atoms with Crippen molar-refractivity contribution < 1.29 is 4.74 Å². The van der Waals surface area contributed by atoms with Crippen LogP contribution in [0.25, 0.3) is 0 Å². The van der Waals surface area contributed by atoms with Gasteiger partial charge in [0.05, 0.1) is 0 Å². The predicted molar refractivity (Wildman–Crippen MR) is 59.5 cm³/mol. The van der Waals surface area contributed by atoms with Crippen LogP contribution in [-0.2, 0) is 0 Å². The SMILES string of the molecule is C=CCOc1c(C)cccc1C(C)N. The van der Waals surface area contributed by atoms with Gasteiger partial charge in [0.25, 0.3) is 0 Å². The number of hydrogen-bond donors (Lipinski definition) is 1. The molecule has 1 aromatic rings. The highest BCUT2D eigenvalue weighted by Gasteiger charge is 2.09. The zero-order valence-corrected chi connectivity index (χ0v) is 8.79. The van der Waals surface area contributed by atoms with Crippen molar-refractivity contribution in [1.29, 1.82) is 0 Å². The lowest BCUT2D eigenvalue weighted by Gasteiger charge is -2.15.